The molecule has 1 rings (SSSR count). The van der Waals surface area contributed by atoms with Gasteiger partial charge in [0.15, 0.2) is 0 Å². The number of hydrogen-bond donors (Lipinski definition) is 1. The molecule has 0 aliphatic carbocycles. The predicted molar refractivity (Wildman–Crippen MR) is 67.1 cm³/mol. The molecule has 0 aliphatic rings. The van der Waals surface area contributed by atoms with Gasteiger partial charge < -0.3 is 14.6 Å². The number of carbonyl (C=O) groups is 1. The number of carboxylic acid groups (broad SMARTS) is 1. The average molecular weight is 256 g/mol. The minimum Gasteiger partial charge on any atom is -0.487 e. The van der Waals surface area contributed by atoms with Crippen molar-refractivity contribution >= 4 is 17.7 Å². The van der Waals surface area contributed by atoms with Crippen LogP contribution in [0.2, 0.25) is 0 Å². The first kappa shape index (κ1) is 13.9. The highest BCUT2D eigenvalue weighted by Crippen LogP contribution is 2.29. The van der Waals surface area contributed by atoms with Gasteiger partial charge in [0, 0.05) is 12.0 Å². The summed E-state index contributed by atoms with van der Waals surface area (Å²) in [7, 11) is 1.60. The first-order valence-corrected chi connectivity index (χ1v) is 6.38. The maximum Gasteiger partial charge on any atom is 0.335 e. The van der Waals surface area contributed by atoms with Crippen LogP contribution in [0.5, 0.6) is 5.75 Å². The van der Waals surface area contributed by atoms with Crippen molar-refractivity contribution < 1.29 is 19.4 Å². The number of aromatic carboxylic acids is 1. The molecule has 0 bridgehead atoms. The van der Waals surface area contributed by atoms with E-state index < -0.39 is 5.97 Å². The number of methoxy groups -OCH3 is 1. The molecule has 17 heavy (non-hydrogen) atoms. The van der Waals surface area contributed by atoms with Gasteiger partial charge in [-0.25, -0.2) is 4.79 Å². The van der Waals surface area contributed by atoms with Crippen molar-refractivity contribution in [3.8, 4) is 5.75 Å². The first-order chi connectivity index (χ1) is 8.08. The van der Waals surface area contributed by atoms with E-state index in [-0.39, 0.29) is 11.7 Å². The lowest BCUT2D eigenvalue weighted by atomic mass is 10.2. The second-order valence-corrected chi connectivity index (χ2v) is 4.40. The summed E-state index contributed by atoms with van der Waals surface area (Å²) in [6.45, 7) is 2.34. The second-order valence-electron chi connectivity index (χ2n) is 3.55. The molecule has 1 aromatic carbocycles. The molecular formula is C12H16O4S. The lowest BCUT2D eigenvalue weighted by Gasteiger charge is -2.16. The molecule has 1 aromatic rings. The summed E-state index contributed by atoms with van der Waals surface area (Å²) in [4.78, 5) is 11.8. The van der Waals surface area contributed by atoms with Crippen LogP contribution in [0, 0.1) is 0 Å². The fourth-order valence-electron chi connectivity index (χ4n) is 1.39. The molecular weight excluding hydrogens is 240 g/mol. The van der Waals surface area contributed by atoms with Crippen LogP contribution in [0.1, 0.15) is 17.3 Å². The van der Waals surface area contributed by atoms with Gasteiger partial charge in [-0.3, -0.25) is 0 Å². The lowest BCUT2D eigenvalue weighted by Crippen LogP contribution is -2.18. The first-order valence-electron chi connectivity index (χ1n) is 5.15. The van der Waals surface area contributed by atoms with Crippen molar-refractivity contribution in [3.63, 3.8) is 0 Å². The van der Waals surface area contributed by atoms with E-state index in [2.05, 4.69) is 0 Å². The Balaban J connectivity index is 2.93. The Morgan fingerprint density at radius 3 is 2.76 bits per heavy atom. The lowest BCUT2D eigenvalue weighted by molar-refractivity contribution is 0.0693. The van der Waals surface area contributed by atoms with Crippen LogP contribution in [0.3, 0.4) is 0 Å². The van der Waals surface area contributed by atoms with E-state index in [0.717, 1.165) is 4.90 Å². The molecule has 94 valence electrons. The van der Waals surface area contributed by atoms with Crippen molar-refractivity contribution in [3.05, 3.63) is 23.8 Å². The number of thioether (sulfide) groups is 1. The van der Waals surface area contributed by atoms with Crippen LogP contribution < -0.4 is 4.74 Å². The Kier molecular flexibility index (Phi) is 5.31. The molecule has 0 aromatic heterocycles. The van der Waals surface area contributed by atoms with Crippen molar-refractivity contribution in [2.24, 2.45) is 0 Å². The summed E-state index contributed by atoms with van der Waals surface area (Å²) >= 11 is 1.52. The zero-order valence-corrected chi connectivity index (χ0v) is 10.9. The number of benzene rings is 1. The Bertz CT molecular complexity index is 392. The van der Waals surface area contributed by atoms with E-state index in [9.17, 15) is 4.79 Å². The highest BCUT2D eigenvalue weighted by atomic mass is 32.2. The summed E-state index contributed by atoms with van der Waals surface area (Å²) in [6.07, 6.45) is 1.80. The minimum atomic E-state index is -0.957. The average Bonchev–Trinajstić information content (AvgIpc) is 2.29. The highest BCUT2D eigenvalue weighted by molar-refractivity contribution is 7.98. The van der Waals surface area contributed by atoms with Gasteiger partial charge >= 0.3 is 5.97 Å². The van der Waals surface area contributed by atoms with Gasteiger partial charge in [-0.05, 0) is 31.4 Å². The maximum atomic E-state index is 10.9. The molecule has 1 unspecified atom stereocenters. The summed E-state index contributed by atoms with van der Waals surface area (Å²) in [5.74, 6) is -0.371. The fourth-order valence-corrected chi connectivity index (χ4v) is 1.90. The van der Waals surface area contributed by atoms with Crippen molar-refractivity contribution in [1.29, 1.82) is 0 Å². The van der Waals surface area contributed by atoms with Crippen LogP contribution in [-0.2, 0) is 4.74 Å². The Morgan fingerprint density at radius 1 is 1.53 bits per heavy atom. The molecule has 0 saturated carbocycles. The Labute approximate surface area is 105 Å². The third-order valence-corrected chi connectivity index (χ3v) is 2.92. The maximum absolute atomic E-state index is 10.9. The molecule has 0 amide bonds. The smallest absolute Gasteiger partial charge is 0.335 e. The third kappa shape index (κ3) is 3.94. The highest BCUT2D eigenvalue weighted by Gasteiger charge is 2.11. The Morgan fingerprint density at radius 2 is 2.24 bits per heavy atom. The summed E-state index contributed by atoms with van der Waals surface area (Å²) in [6, 6.07) is 4.87. The van der Waals surface area contributed by atoms with E-state index in [4.69, 9.17) is 14.6 Å². The molecule has 1 atom stereocenters. The summed E-state index contributed by atoms with van der Waals surface area (Å²) in [5, 5.41) is 8.92. The van der Waals surface area contributed by atoms with Crippen molar-refractivity contribution in [2.45, 2.75) is 17.9 Å². The number of rotatable bonds is 6. The zero-order valence-electron chi connectivity index (χ0n) is 10.1. The largest absolute Gasteiger partial charge is 0.487 e. The van der Waals surface area contributed by atoms with Crippen LogP contribution in [0.4, 0.5) is 0 Å². The van der Waals surface area contributed by atoms with Gasteiger partial charge in [-0.15, -0.1) is 11.8 Å². The number of carboxylic acids is 1. The summed E-state index contributed by atoms with van der Waals surface area (Å²) in [5.41, 5.74) is 0.224. The van der Waals surface area contributed by atoms with Gasteiger partial charge in [0.05, 0.1) is 12.2 Å². The van der Waals surface area contributed by atoms with Crippen LogP contribution >= 0.6 is 11.8 Å². The molecule has 1 N–H and O–H groups in total. The molecule has 0 spiro atoms. The predicted octanol–water partition coefficient (Wildman–Crippen LogP) is 2.52. The summed E-state index contributed by atoms with van der Waals surface area (Å²) < 4.78 is 10.6. The van der Waals surface area contributed by atoms with Crippen LogP contribution in [-0.4, -0.2) is 37.2 Å². The minimum absolute atomic E-state index is 0.116. The molecule has 0 heterocycles. The molecule has 0 aliphatic heterocycles. The molecule has 0 radical (unpaired) electrons. The van der Waals surface area contributed by atoms with Crippen LogP contribution in [0.15, 0.2) is 23.1 Å². The fraction of sp³-hybridized carbons (Fsp3) is 0.417. The third-order valence-electron chi connectivity index (χ3n) is 2.14. The van der Waals surface area contributed by atoms with Gasteiger partial charge in [0.25, 0.3) is 0 Å². The number of hydrogen-bond acceptors (Lipinski definition) is 4. The van der Waals surface area contributed by atoms with E-state index in [1.807, 2.05) is 13.2 Å². The van der Waals surface area contributed by atoms with Gasteiger partial charge in [0.1, 0.15) is 11.9 Å². The van der Waals surface area contributed by atoms with E-state index in [1.165, 1.54) is 11.8 Å². The van der Waals surface area contributed by atoms with E-state index in [1.54, 1.807) is 25.3 Å². The normalized spacial score (nSPS) is 12.2. The molecule has 5 heteroatoms. The SMILES string of the molecule is COCC(C)Oc1cc(C(=O)O)ccc1SC. The Hall–Kier alpha value is -1.20. The monoisotopic (exact) mass is 256 g/mol. The van der Waals surface area contributed by atoms with Gasteiger partial charge in [-0.2, -0.15) is 0 Å². The van der Waals surface area contributed by atoms with E-state index >= 15 is 0 Å². The van der Waals surface area contributed by atoms with E-state index in [0.29, 0.717) is 12.4 Å². The molecule has 4 nitrogen and oxygen atoms in total. The number of ether oxygens (including phenoxy) is 2. The standard InChI is InChI=1S/C12H16O4S/c1-8(7-15-2)16-10-6-9(12(13)14)4-5-11(10)17-3/h4-6,8H,7H2,1-3H3,(H,13,14). The zero-order chi connectivity index (χ0) is 12.8. The van der Waals surface area contributed by atoms with Crippen molar-refractivity contribution in [1.82, 2.24) is 0 Å². The van der Waals surface area contributed by atoms with Crippen LogP contribution in [0.25, 0.3) is 0 Å². The topological polar surface area (TPSA) is 55.8 Å². The quantitative estimate of drug-likeness (QED) is 0.793. The molecule has 0 fully saturated rings. The van der Waals surface area contributed by atoms with Gasteiger partial charge in [-0.1, -0.05) is 0 Å². The molecule has 0 saturated heterocycles. The second kappa shape index (κ2) is 6.51. The van der Waals surface area contributed by atoms with Crippen molar-refractivity contribution in [2.75, 3.05) is 20.0 Å². The van der Waals surface area contributed by atoms with Gasteiger partial charge in [0.2, 0.25) is 0 Å².